The van der Waals surface area contributed by atoms with E-state index in [1.54, 1.807) is 0 Å². The van der Waals surface area contributed by atoms with Crippen LogP contribution in [-0.2, 0) is 14.2 Å². The molecule has 1 N–H and O–H groups in total. The Kier molecular flexibility index (Phi) is 4.37. The van der Waals surface area contributed by atoms with Gasteiger partial charge in [0, 0.05) is 5.92 Å². The minimum atomic E-state index is -0.621. The summed E-state index contributed by atoms with van der Waals surface area (Å²) in [6.45, 7) is 12.9. The molecule has 0 aromatic heterocycles. The van der Waals surface area contributed by atoms with Crippen molar-refractivity contribution in [2.75, 3.05) is 6.61 Å². The lowest BCUT2D eigenvalue weighted by atomic mass is 9.80. The first-order valence-corrected chi connectivity index (χ1v) is 9.16. The van der Waals surface area contributed by atoms with Crippen LogP contribution in [0.2, 0.25) is 0 Å². The van der Waals surface area contributed by atoms with Gasteiger partial charge in [-0.25, -0.2) is 0 Å². The third-order valence-corrected chi connectivity index (χ3v) is 5.90. The number of aliphatic hydroxyl groups excluding tert-OH is 1. The average Bonchev–Trinajstić information content (AvgIpc) is 3.02. The van der Waals surface area contributed by atoms with Crippen LogP contribution in [0.4, 0.5) is 0 Å². The van der Waals surface area contributed by atoms with Gasteiger partial charge in [0.15, 0.2) is 5.79 Å². The fraction of sp³-hybridized carbons (Fsp3) is 1.00. The Morgan fingerprint density at radius 2 is 1.61 bits per heavy atom. The van der Waals surface area contributed by atoms with Crippen LogP contribution in [-0.4, -0.2) is 41.4 Å². The fourth-order valence-electron chi connectivity index (χ4n) is 5.07. The summed E-state index contributed by atoms with van der Waals surface area (Å²) >= 11 is 0. The minimum Gasteiger partial charge on any atom is -0.394 e. The summed E-state index contributed by atoms with van der Waals surface area (Å²) in [6.07, 6.45) is 4.56. The van der Waals surface area contributed by atoms with Crippen molar-refractivity contribution < 1.29 is 19.3 Å². The summed E-state index contributed by atoms with van der Waals surface area (Å²) < 4.78 is 18.6. The highest BCUT2D eigenvalue weighted by Gasteiger charge is 2.55. The maximum Gasteiger partial charge on any atom is 0.163 e. The van der Waals surface area contributed by atoms with E-state index in [1.165, 1.54) is 19.3 Å². The highest BCUT2D eigenvalue weighted by molar-refractivity contribution is 5.01. The molecule has 3 fully saturated rings. The van der Waals surface area contributed by atoms with E-state index >= 15 is 0 Å². The molecule has 3 aliphatic rings. The molecule has 0 aromatic rings. The summed E-state index contributed by atoms with van der Waals surface area (Å²) in [5.41, 5.74) is 0.284. The zero-order chi connectivity index (χ0) is 17.0. The maximum absolute atomic E-state index is 9.75. The Labute approximate surface area is 140 Å². The number of hydrogen-bond donors (Lipinski definition) is 1. The zero-order valence-electron chi connectivity index (χ0n) is 15.6. The Balaban J connectivity index is 1.81. The van der Waals surface area contributed by atoms with Crippen molar-refractivity contribution in [2.45, 2.75) is 96.9 Å². The monoisotopic (exact) mass is 326 g/mol. The molecule has 3 rings (SSSR count). The molecule has 0 spiro atoms. The first-order chi connectivity index (χ1) is 10.5. The van der Waals surface area contributed by atoms with Crippen LogP contribution in [0.3, 0.4) is 0 Å². The highest BCUT2D eigenvalue weighted by atomic mass is 16.8. The van der Waals surface area contributed by atoms with E-state index in [-0.39, 0.29) is 30.5 Å². The molecule has 5 unspecified atom stereocenters. The van der Waals surface area contributed by atoms with Crippen LogP contribution in [0.25, 0.3) is 0 Å². The molecule has 0 amide bonds. The van der Waals surface area contributed by atoms with Crippen molar-refractivity contribution in [2.24, 2.45) is 17.3 Å². The Bertz CT molecular complexity index is 443. The number of hydrogen-bond acceptors (Lipinski definition) is 4. The van der Waals surface area contributed by atoms with Crippen molar-refractivity contribution in [1.82, 2.24) is 0 Å². The van der Waals surface area contributed by atoms with Gasteiger partial charge in [0.25, 0.3) is 0 Å². The van der Waals surface area contributed by atoms with Gasteiger partial charge in [-0.05, 0) is 64.7 Å². The highest BCUT2D eigenvalue weighted by Crippen LogP contribution is 2.51. The van der Waals surface area contributed by atoms with Crippen LogP contribution in [0.15, 0.2) is 0 Å². The lowest BCUT2D eigenvalue weighted by Gasteiger charge is -2.31. The largest absolute Gasteiger partial charge is 0.394 e. The molecule has 1 saturated carbocycles. The summed E-state index contributed by atoms with van der Waals surface area (Å²) in [4.78, 5) is 0. The van der Waals surface area contributed by atoms with Gasteiger partial charge in [-0.15, -0.1) is 0 Å². The van der Waals surface area contributed by atoms with E-state index in [1.807, 2.05) is 13.8 Å². The normalized spacial score (nSPS) is 44.7. The van der Waals surface area contributed by atoms with Crippen molar-refractivity contribution in [1.29, 1.82) is 0 Å². The van der Waals surface area contributed by atoms with Gasteiger partial charge < -0.3 is 19.3 Å². The SMILES string of the molecule is CC1(C)CCC(C2OC(C)(C)CC2C2OC(C)(C)OC2CO)C1. The molecule has 5 atom stereocenters. The number of aliphatic hydroxyl groups is 1. The van der Waals surface area contributed by atoms with Gasteiger partial charge in [-0.2, -0.15) is 0 Å². The second-order valence-corrected chi connectivity index (χ2v) is 9.70. The molecule has 2 saturated heterocycles. The van der Waals surface area contributed by atoms with Crippen LogP contribution in [0.5, 0.6) is 0 Å². The topological polar surface area (TPSA) is 47.9 Å². The average molecular weight is 326 g/mol. The predicted octanol–water partition coefficient (Wildman–Crippen LogP) is 3.51. The quantitative estimate of drug-likeness (QED) is 0.862. The minimum absolute atomic E-state index is 0.00784. The van der Waals surface area contributed by atoms with E-state index in [0.717, 1.165) is 6.42 Å². The zero-order valence-corrected chi connectivity index (χ0v) is 15.6. The summed E-state index contributed by atoms with van der Waals surface area (Å²) in [7, 11) is 0. The van der Waals surface area contributed by atoms with Gasteiger partial charge in [0.2, 0.25) is 0 Å². The molecule has 4 nitrogen and oxygen atoms in total. The second kappa shape index (κ2) is 5.69. The number of ether oxygens (including phenoxy) is 3. The van der Waals surface area contributed by atoms with E-state index < -0.39 is 5.79 Å². The maximum atomic E-state index is 9.75. The second-order valence-electron chi connectivity index (χ2n) is 9.70. The molecule has 23 heavy (non-hydrogen) atoms. The van der Waals surface area contributed by atoms with Crippen LogP contribution >= 0.6 is 0 Å². The molecule has 134 valence electrons. The van der Waals surface area contributed by atoms with E-state index in [0.29, 0.717) is 17.3 Å². The van der Waals surface area contributed by atoms with E-state index in [2.05, 4.69) is 27.7 Å². The van der Waals surface area contributed by atoms with Gasteiger partial charge in [0.05, 0.1) is 24.4 Å². The molecule has 0 bridgehead atoms. The Morgan fingerprint density at radius 3 is 2.17 bits per heavy atom. The predicted molar refractivity (Wildman–Crippen MR) is 89.1 cm³/mol. The van der Waals surface area contributed by atoms with E-state index in [9.17, 15) is 5.11 Å². The molecule has 0 aromatic carbocycles. The van der Waals surface area contributed by atoms with Crippen molar-refractivity contribution >= 4 is 0 Å². The van der Waals surface area contributed by atoms with Gasteiger partial charge >= 0.3 is 0 Å². The molecular weight excluding hydrogens is 292 g/mol. The number of rotatable bonds is 3. The van der Waals surface area contributed by atoms with Crippen molar-refractivity contribution in [3.05, 3.63) is 0 Å². The third kappa shape index (κ3) is 3.60. The Hall–Kier alpha value is -0.160. The summed E-state index contributed by atoms with van der Waals surface area (Å²) in [5, 5.41) is 9.75. The van der Waals surface area contributed by atoms with Crippen LogP contribution in [0, 0.1) is 17.3 Å². The molecule has 2 heterocycles. The van der Waals surface area contributed by atoms with Crippen LogP contribution in [0.1, 0.15) is 67.2 Å². The molecule has 1 aliphatic carbocycles. The van der Waals surface area contributed by atoms with Crippen LogP contribution < -0.4 is 0 Å². The van der Waals surface area contributed by atoms with Crippen molar-refractivity contribution in [3.63, 3.8) is 0 Å². The summed E-state index contributed by atoms with van der Waals surface area (Å²) in [6, 6.07) is 0. The molecule has 0 radical (unpaired) electrons. The van der Waals surface area contributed by atoms with Gasteiger partial charge in [-0.3, -0.25) is 0 Å². The third-order valence-electron chi connectivity index (χ3n) is 5.90. The molecule has 2 aliphatic heterocycles. The summed E-state index contributed by atoms with van der Waals surface area (Å²) in [5.74, 6) is 0.260. The van der Waals surface area contributed by atoms with Gasteiger partial charge in [-0.1, -0.05) is 13.8 Å². The van der Waals surface area contributed by atoms with E-state index in [4.69, 9.17) is 14.2 Å². The lowest BCUT2D eigenvalue weighted by molar-refractivity contribution is -0.155. The molecule has 4 heteroatoms. The van der Waals surface area contributed by atoms with Gasteiger partial charge in [0.1, 0.15) is 6.10 Å². The lowest BCUT2D eigenvalue weighted by Crippen LogP contribution is -2.40. The molecular formula is C19H34O4. The van der Waals surface area contributed by atoms with Crippen molar-refractivity contribution in [3.8, 4) is 0 Å². The first kappa shape index (κ1) is 17.7. The standard InChI is InChI=1S/C19H34O4/c1-17(2)8-7-12(9-17)15-13(10-18(3,4)22-15)16-14(11-20)21-19(5,6)23-16/h12-16,20H,7-11H2,1-6H3. The fourth-order valence-corrected chi connectivity index (χ4v) is 5.07. The Morgan fingerprint density at radius 1 is 0.913 bits per heavy atom. The first-order valence-electron chi connectivity index (χ1n) is 9.16. The smallest absolute Gasteiger partial charge is 0.163 e.